The van der Waals surface area contributed by atoms with Crippen LogP contribution in [0.25, 0.3) is 0 Å². The summed E-state index contributed by atoms with van der Waals surface area (Å²) in [6.45, 7) is 4.01. The van der Waals surface area contributed by atoms with Crippen LogP contribution in [-0.2, 0) is 6.54 Å². The zero-order valence-corrected chi connectivity index (χ0v) is 14.4. The fourth-order valence-electron chi connectivity index (χ4n) is 1.52. The normalized spacial score (nSPS) is 12.8. The molecule has 0 radical (unpaired) electrons. The number of ether oxygens (including phenoxy) is 1. The highest BCUT2D eigenvalue weighted by Gasteiger charge is 2.08. The number of halogens is 2. The molecule has 0 amide bonds. The Bertz CT molecular complexity index is 374. The molecule has 0 bridgehead atoms. The Kier molecular flexibility index (Phi) is 6.63. The molecule has 0 heterocycles. The van der Waals surface area contributed by atoms with E-state index in [4.69, 9.17) is 4.74 Å². The molecule has 18 heavy (non-hydrogen) atoms. The van der Waals surface area contributed by atoms with Crippen molar-refractivity contribution in [1.29, 1.82) is 0 Å². The number of hydrogen-bond acceptors (Lipinski definition) is 3. The number of hydrogen-bond donors (Lipinski definition) is 1. The van der Waals surface area contributed by atoms with Gasteiger partial charge in [-0.1, -0.05) is 0 Å². The highest BCUT2D eigenvalue weighted by molar-refractivity contribution is 9.11. The van der Waals surface area contributed by atoms with Crippen LogP contribution in [0.5, 0.6) is 5.75 Å². The maximum atomic E-state index is 5.28. The standard InChI is InChI=1S/C13H20Br2N2O/c1-9(17(2)3)7-16-8-10-5-11(14)13(18-4)12(15)6-10/h5-6,9,16H,7-8H2,1-4H3. The van der Waals surface area contributed by atoms with E-state index < -0.39 is 0 Å². The minimum absolute atomic E-state index is 0.523. The van der Waals surface area contributed by atoms with Crippen LogP contribution in [0.4, 0.5) is 0 Å². The van der Waals surface area contributed by atoms with Gasteiger partial charge in [-0.05, 0) is 70.6 Å². The lowest BCUT2D eigenvalue weighted by molar-refractivity contribution is 0.302. The molecule has 0 spiro atoms. The maximum Gasteiger partial charge on any atom is 0.147 e. The Hall–Kier alpha value is -0.100. The van der Waals surface area contributed by atoms with Gasteiger partial charge < -0.3 is 15.0 Å². The Morgan fingerprint density at radius 2 is 1.83 bits per heavy atom. The van der Waals surface area contributed by atoms with E-state index in [1.807, 2.05) is 0 Å². The lowest BCUT2D eigenvalue weighted by Crippen LogP contribution is -2.35. The Morgan fingerprint density at radius 3 is 2.28 bits per heavy atom. The van der Waals surface area contributed by atoms with Crippen LogP contribution < -0.4 is 10.1 Å². The van der Waals surface area contributed by atoms with Crippen LogP contribution in [0.3, 0.4) is 0 Å². The Morgan fingerprint density at radius 1 is 1.28 bits per heavy atom. The van der Waals surface area contributed by atoms with E-state index >= 15 is 0 Å². The molecule has 0 saturated carbocycles. The average molecular weight is 380 g/mol. The van der Waals surface area contributed by atoms with Crippen molar-refractivity contribution in [2.24, 2.45) is 0 Å². The van der Waals surface area contributed by atoms with E-state index in [9.17, 15) is 0 Å². The molecule has 1 aromatic rings. The van der Waals surface area contributed by atoms with Gasteiger partial charge in [0.05, 0.1) is 16.1 Å². The summed E-state index contributed by atoms with van der Waals surface area (Å²) in [6.07, 6.45) is 0. The lowest BCUT2D eigenvalue weighted by atomic mass is 10.2. The lowest BCUT2D eigenvalue weighted by Gasteiger charge is -2.20. The molecule has 102 valence electrons. The first-order valence-corrected chi connectivity index (χ1v) is 7.43. The van der Waals surface area contributed by atoms with Crippen molar-refractivity contribution in [2.45, 2.75) is 19.5 Å². The van der Waals surface area contributed by atoms with Crippen LogP contribution in [-0.4, -0.2) is 38.7 Å². The summed E-state index contributed by atoms with van der Waals surface area (Å²) in [6, 6.07) is 4.68. The number of rotatable bonds is 6. The molecular formula is C13H20Br2N2O. The van der Waals surface area contributed by atoms with Gasteiger partial charge in [-0.15, -0.1) is 0 Å². The van der Waals surface area contributed by atoms with Gasteiger partial charge in [-0.2, -0.15) is 0 Å². The van der Waals surface area contributed by atoms with Crippen LogP contribution in [0.2, 0.25) is 0 Å². The summed E-state index contributed by atoms with van der Waals surface area (Å²) < 4.78 is 7.22. The zero-order valence-electron chi connectivity index (χ0n) is 11.3. The second-order valence-electron chi connectivity index (χ2n) is 4.54. The van der Waals surface area contributed by atoms with Crippen molar-refractivity contribution in [3.05, 3.63) is 26.6 Å². The first-order valence-electron chi connectivity index (χ1n) is 5.84. The summed E-state index contributed by atoms with van der Waals surface area (Å²) >= 11 is 7.02. The zero-order chi connectivity index (χ0) is 13.7. The van der Waals surface area contributed by atoms with Gasteiger partial charge in [0, 0.05) is 19.1 Å². The molecule has 1 atom stereocenters. The summed E-state index contributed by atoms with van der Waals surface area (Å²) in [5, 5.41) is 3.45. The van der Waals surface area contributed by atoms with E-state index in [1.54, 1.807) is 7.11 Å². The van der Waals surface area contributed by atoms with Gasteiger partial charge in [-0.3, -0.25) is 0 Å². The molecule has 3 nitrogen and oxygen atoms in total. The predicted molar refractivity (Wildman–Crippen MR) is 83.2 cm³/mol. The predicted octanol–water partition coefficient (Wildman–Crippen LogP) is 3.26. The molecular weight excluding hydrogens is 360 g/mol. The van der Waals surface area contributed by atoms with E-state index in [1.165, 1.54) is 5.56 Å². The fourth-order valence-corrected chi connectivity index (χ4v) is 3.12. The molecule has 0 saturated heterocycles. The molecule has 1 N–H and O–H groups in total. The van der Waals surface area contributed by atoms with E-state index in [0.29, 0.717) is 6.04 Å². The molecule has 1 unspecified atom stereocenters. The van der Waals surface area contributed by atoms with Gasteiger partial charge in [0.25, 0.3) is 0 Å². The van der Waals surface area contributed by atoms with Crippen molar-refractivity contribution >= 4 is 31.9 Å². The quantitative estimate of drug-likeness (QED) is 0.820. The SMILES string of the molecule is COc1c(Br)cc(CNCC(C)N(C)C)cc1Br. The Balaban J connectivity index is 2.58. The second-order valence-corrected chi connectivity index (χ2v) is 6.24. The Labute approximate surface area is 126 Å². The van der Waals surface area contributed by atoms with Crippen molar-refractivity contribution in [3.63, 3.8) is 0 Å². The van der Waals surface area contributed by atoms with E-state index in [0.717, 1.165) is 27.8 Å². The summed E-state index contributed by atoms with van der Waals surface area (Å²) in [7, 11) is 5.85. The number of nitrogens with zero attached hydrogens (tertiary/aromatic N) is 1. The first kappa shape index (κ1) is 16.0. The average Bonchev–Trinajstić information content (AvgIpc) is 2.28. The van der Waals surface area contributed by atoms with Gasteiger partial charge in [0.2, 0.25) is 0 Å². The van der Waals surface area contributed by atoms with Crippen LogP contribution in [0.15, 0.2) is 21.1 Å². The van der Waals surface area contributed by atoms with Crippen molar-refractivity contribution in [3.8, 4) is 5.75 Å². The number of nitrogens with one attached hydrogen (secondary N) is 1. The largest absolute Gasteiger partial charge is 0.494 e. The molecule has 0 aliphatic rings. The van der Waals surface area contributed by atoms with Crippen molar-refractivity contribution < 1.29 is 4.74 Å². The first-order chi connectivity index (χ1) is 8.45. The molecule has 0 fully saturated rings. The molecule has 5 heteroatoms. The number of likely N-dealkylation sites (N-methyl/N-ethyl adjacent to an activating group) is 1. The summed E-state index contributed by atoms with van der Waals surface area (Å²) in [5.74, 6) is 0.834. The molecule has 0 aliphatic carbocycles. The number of methoxy groups -OCH3 is 1. The van der Waals surface area contributed by atoms with Crippen LogP contribution in [0, 0.1) is 0 Å². The molecule has 0 aromatic heterocycles. The van der Waals surface area contributed by atoms with Gasteiger partial charge in [0.15, 0.2) is 0 Å². The highest BCUT2D eigenvalue weighted by Crippen LogP contribution is 2.34. The maximum absolute atomic E-state index is 5.28. The van der Waals surface area contributed by atoms with Crippen LogP contribution >= 0.6 is 31.9 Å². The highest BCUT2D eigenvalue weighted by atomic mass is 79.9. The van der Waals surface area contributed by atoms with E-state index in [-0.39, 0.29) is 0 Å². The molecule has 0 aliphatic heterocycles. The molecule has 1 rings (SSSR count). The van der Waals surface area contributed by atoms with E-state index in [2.05, 4.69) is 75.2 Å². The van der Waals surface area contributed by atoms with Gasteiger partial charge in [0.1, 0.15) is 5.75 Å². The molecule has 1 aromatic carbocycles. The minimum atomic E-state index is 0.523. The smallest absolute Gasteiger partial charge is 0.147 e. The third kappa shape index (κ3) is 4.53. The van der Waals surface area contributed by atoms with Crippen molar-refractivity contribution in [2.75, 3.05) is 27.7 Å². The minimum Gasteiger partial charge on any atom is -0.494 e. The monoisotopic (exact) mass is 378 g/mol. The number of benzene rings is 1. The van der Waals surface area contributed by atoms with Gasteiger partial charge in [-0.25, -0.2) is 0 Å². The van der Waals surface area contributed by atoms with Gasteiger partial charge >= 0.3 is 0 Å². The third-order valence-corrected chi connectivity index (χ3v) is 4.09. The van der Waals surface area contributed by atoms with Crippen molar-refractivity contribution in [1.82, 2.24) is 10.2 Å². The fraction of sp³-hybridized carbons (Fsp3) is 0.538. The second kappa shape index (κ2) is 7.48. The third-order valence-electron chi connectivity index (χ3n) is 2.91. The van der Waals surface area contributed by atoms with Crippen LogP contribution in [0.1, 0.15) is 12.5 Å². The topological polar surface area (TPSA) is 24.5 Å². The summed E-state index contributed by atoms with van der Waals surface area (Å²) in [5.41, 5.74) is 1.22. The summed E-state index contributed by atoms with van der Waals surface area (Å²) in [4.78, 5) is 2.20.